The van der Waals surface area contributed by atoms with Crippen LogP contribution in [0.2, 0.25) is 0 Å². The molecule has 0 aliphatic rings. The standard InChI is InChI=1S/C20H28N4/c1-13-9-14(2)22-17(5)11-18(6)24-20(8)12-19(7)23-16(4)10-15(3)21-13/h9-12,21-22H,1,3H2,2,4-8H3. The van der Waals surface area contributed by atoms with Gasteiger partial charge in [0.2, 0.25) is 0 Å². The molecule has 0 aliphatic carbocycles. The zero-order chi connectivity index (χ0) is 18.3. The van der Waals surface area contributed by atoms with Crippen molar-refractivity contribution in [2.75, 3.05) is 0 Å². The fourth-order valence-electron chi connectivity index (χ4n) is 2.48. The maximum absolute atomic E-state index is 4.58. The predicted octanol–water partition coefficient (Wildman–Crippen LogP) is 3.18. The van der Waals surface area contributed by atoms with Crippen LogP contribution in [0.1, 0.15) is 34.2 Å². The third kappa shape index (κ3) is 7.58. The number of nitrogens with one attached hydrogen (secondary N) is 2. The Bertz CT molecular complexity index is 802. The zero-order valence-corrected chi connectivity index (χ0v) is 15.6. The molecule has 0 aromatic carbocycles. The van der Waals surface area contributed by atoms with Crippen molar-refractivity contribution in [1.82, 2.24) is 19.9 Å². The molecule has 4 heteroatoms. The molecule has 0 saturated carbocycles. The van der Waals surface area contributed by atoms with Crippen molar-refractivity contribution in [3.05, 3.63) is 69.1 Å². The van der Waals surface area contributed by atoms with E-state index in [4.69, 9.17) is 0 Å². The van der Waals surface area contributed by atoms with Crippen molar-refractivity contribution in [3.8, 4) is 0 Å². The van der Waals surface area contributed by atoms with Gasteiger partial charge in [0.25, 0.3) is 0 Å². The van der Waals surface area contributed by atoms with Gasteiger partial charge < -0.3 is 9.97 Å². The smallest absolute Gasteiger partial charge is 0.0396 e. The highest BCUT2D eigenvalue weighted by molar-refractivity contribution is 5.11. The van der Waals surface area contributed by atoms with Crippen LogP contribution in [0.4, 0.5) is 0 Å². The van der Waals surface area contributed by atoms with Gasteiger partial charge in [-0.15, -0.1) is 0 Å². The molecule has 0 unspecified atom stereocenters. The van der Waals surface area contributed by atoms with E-state index in [-0.39, 0.29) is 0 Å². The van der Waals surface area contributed by atoms with Gasteiger partial charge >= 0.3 is 0 Å². The Hall–Kier alpha value is -2.62. The Labute approximate surface area is 144 Å². The summed E-state index contributed by atoms with van der Waals surface area (Å²) in [5.74, 6) is 0. The first-order valence-electron chi connectivity index (χ1n) is 7.91. The Morgan fingerprint density at radius 2 is 1.00 bits per heavy atom. The molecule has 0 bridgehead atoms. The molecule has 0 saturated heterocycles. The average Bonchev–Trinajstić information content (AvgIpc) is 2.34. The molecule has 0 atom stereocenters. The summed E-state index contributed by atoms with van der Waals surface area (Å²) in [6.07, 6.45) is 0. The molecular weight excluding hydrogens is 296 g/mol. The number of hydrogen-bond donors (Lipinski definition) is 2. The molecule has 1 heterocycles. The lowest BCUT2D eigenvalue weighted by Crippen LogP contribution is -2.13. The van der Waals surface area contributed by atoms with Crippen LogP contribution in [-0.2, 0) is 0 Å². The van der Waals surface area contributed by atoms with E-state index in [1.165, 1.54) is 0 Å². The summed E-state index contributed by atoms with van der Waals surface area (Å²) in [7, 11) is 0. The van der Waals surface area contributed by atoms with Gasteiger partial charge in [0.15, 0.2) is 0 Å². The first-order valence-corrected chi connectivity index (χ1v) is 7.91. The van der Waals surface area contributed by atoms with Crippen LogP contribution in [0.3, 0.4) is 0 Å². The second-order valence-electron chi connectivity index (χ2n) is 6.03. The summed E-state index contributed by atoms with van der Waals surface area (Å²) >= 11 is 0. The maximum atomic E-state index is 4.58. The molecule has 0 radical (unpaired) electrons. The van der Waals surface area contributed by atoms with E-state index >= 15 is 0 Å². The lowest BCUT2D eigenvalue weighted by atomic mass is 10.3. The van der Waals surface area contributed by atoms with Gasteiger partial charge in [-0.1, -0.05) is 13.2 Å². The zero-order valence-electron chi connectivity index (χ0n) is 15.6. The normalized spacial score (nSPS) is 9.58. The van der Waals surface area contributed by atoms with E-state index in [0.717, 1.165) is 44.9 Å². The molecule has 0 spiro atoms. The third-order valence-electron chi connectivity index (χ3n) is 3.04. The minimum Gasteiger partial charge on any atom is -0.363 e. The van der Waals surface area contributed by atoms with E-state index in [9.17, 15) is 0 Å². The van der Waals surface area contributed by atoms with Gasteiger partial charge in [0.05, 0.1) is 0 Å². The molecule has 0 fully saturated rings. The second kappa shape index (κ2) is 8.87. The van der Waals surface area contributed by atoms with Gasteiger partial charge in [-0.3, -0.25) is 9.97 Å². The molecule has 0 amide bonds. The SMILES string of the molecule is C=c1cc(C)nc(C)cc(C)nc(C)cc(C)[nH]c(C)cc(=C)[nH]1. The van der Waals surface area contributed by atoms with Crippen LogP contribution in [0, 0.1) is 41.5 Å². The highest BCUT2D eigenvalue weighted by Gasteiger charge is 1.88. The van der Waals surface area contributed by atoms with Crippen molar-refractivity contribution in [1.29, 1.82) is 0 Å². The van der Waals surface area contributed by atoms with Gasteiger partial charge in [0.1, 0.15) is 0 Å². The van der Waals surface area contributed by atoms with Crippen LogP contribution in [-0.4, -0.2) is 19.9 Å². The monoisotopic (exact) mass is 324 g/mol. The summed E-state index contributed by atoms with van der Waals surface area (Å²) in [4.78, 5) is 15.6. The van der Waals surface area contributed by atoms with Crippen LogP contribution < -0.4 is 10.7 Å². The Kier molecular flexibility index (Phi) is 7.18. The van der Waals surface area contributed by atoms with Crippen LogP contribution >= 0.6 is 0 Å². The summed E-state index contributed by atoms with van der Waals surface area (Å²) < 4.78 is 0. The number of aryl methyl sites for hydroxylation is 6. The maximum Gasteiger partial charge on any atom is 0.0396 e. The van der Waals surface area contributed by atoms with Gasteiger partial charge in [0, 0.05) is 44.9 Å². The molecule has 4 nitrogen and oxygen atoms in total. The van der Waals surface area contributed by atoms with Gasteiger partial charge in [-0.2, -0.15) is 0 Å². The minimum atomic E-state index is 0.743. The van der Waals surface area contributed by atoms with Crippen LogP contribution in [0.5, 0.6) is 0 Å². The van der Waals surface area contributed by atoms with E-state index in [1.807, 2.05) is 65.8 Å². The molecule has 1 rings (SSSR count). The summed E-state index contributed by atoms with van der Waals surface area (Å²) in [6, 6.07) is 7.79. The number of H-pyrrole nitrogens is 2. The van der Waals surface area contributed by atoms with E-state index in [0.29, 0.717) is 0 Å². The summed E-state index contributed by atoms with van der Waals surface area (Å²) in [6.45, 7) is 19.8. The van der Waals surface area contributed by atoms with Crippen molar-refractivity contribution >= 4 is 13.2 Å². The molecule has 0 aliphatic heterocycles. The van der Waals surface area contributed by atoms with Crippen molar-refractivity contribution in [3.63, 3.8) is 0 Å². The lowest BCUT2D eigenvalue weighted by Gasteiger charge is -1.95. The molecule has 24 heavy (non-hydrogen) atoms. The van der Waals surface area contributed by atoms with Crippen LogP contribution in [0.15, 0.2) is 24.3 Å². The van der Waals surface area contributed by atoms with E-state index in [1.54, 1.807) is 0 Å². The first-order chi connectivity index (χ1) is 11.2. The van der Waals surface area contributed by atoms with Gasteiger partial charge in [-0.25, -0.2) is 0 Å². The van der Waals surface area contributed by atoms with Crippen molar-refractivity contribution in [2.24, 2.45) is 0 Å². The number of hydrogen-bond acceptors (Lipinski definition) is 2. The van der Waals surface area contributed by atoms with Crippen molar-refractivity contribution < 1.29 is 0 Å². The predicted molar refractivity (Wildman–Crippen MR) is 102 cm³/mol. The first kappa shape index (κ1) is 19.4. The van der Waals surface area contributed by atoms with E-state index in [2.05, 4.69) is 33.1 Å². The Morgan fingerprint density at radius 3 is 1.58 bits per heavy atom. The molecule has 2 N–H and O–H groups in total. The largest absolute Gasteiger partial charge is 0.363 e. The number of aromatic nitrogens is 4. The second-order valence-corrected chi connectivity index (χ2v) is 6.03. The van der Waals surface area contributed by atoms with Gasteiger partial charge in [-0.05, 0) is 65.8 Å². The summed E-state index contributed by atoms with van der Waals surface area (Å²) in [5, 5.41) is 1.50. The third-order valence-corrected chi connectivity index (χ3v) is 3.04. The Morgan fingerprint density at radius 1 is 0.583 bits per heavy atom. The highest BCUT2D eigenvalue weighted by atomic mass is 14.7. The number of aromatic amines is 2. The quantitative estimate of drug-likeness (QED) is 0.770. The van der Waals surface area contributed by atoms with Crippen LogP contribution in [0.25, 0.3) is 13.2 Å². The number of nitrogens with zero attached hydrogens (tertiary/aromatic N) is 2. The average molecular weight is 324 g/mol. The highest BCUT2D eigenvalue weighted by Crippen LogP contribution is 1.96. The fourth-order valence-corrected chi connectivity index (χ4v) is 2.48. The molecular formula is C20H28N4. The minimum absolute atomic E-state index is 0.743. The van der Waals surface area contributed by atoms with E-state index < -0.39 is 0 Å². The molecule has 1 aromatic heterocycles. The molecule has 1 aromatic rings. The lowest BCUT2D eigenvalue weighted by molar-refractivity contribution is 1.07. The topological polar surface area (TPSA) is 57.4 Å². The molecule has 128 valence electrons. The number of rotatable bonds is 0. The Balaban J connectivity index is 3.90. The van der Waals surface area contributed by atoms with Crippen molar-refractivity contribution in [2.45, 2.75) is 41.5 Å². The summed E-state index contributed by atoms with van der Waals surface area (Å²) in [5.41, 5.74) is 5.60. The fraction of sp³-hybridized carbons (Fsp3) is 0.300.